The van der Waals surface area contributed by atoms with E-state index in [9.17, 15) is 4.79 Å². The number of hydrogen-bond donors (Lipinski definition) is 1. The number of rotatable bonds is 2. The highest BCUT2D eigenvalue weighted by Crippen LogP contribution is 2.32. The first kappa shape index (κ1) is 17.0. The van der Waals surface area contributed by atoms with Gasteiger partial charge in [0.2, 0.25) is 0 Å². The van der Waals surface area contributed by atoms with E-state index in [2.05, 4.69) is 41.0 Å². The molecular formula is C20H27N3OS. The van der Waals surface area contributed by atoms with Crippen molar-refractivity contribution < 1.29 is 4.79 Å². The quantitative estimate of drug-likeness (QED) is 0.894. The molecule has 0 saturated carbocycles. The van der Waals surface area contributed by atoms with Crippen LogP contribution in [0.2, 0.25) is 0 Å². The molecule has 1 saturated heterocycles. The molecule has 1 aromatic heterocycles. The molecule has 0 bridgehead atoms. The number of thioether (sulfide) groups is 1. The molecule has 0 aliphatic carbocycles. The Bertz CT molecular complexity index is 783. The van der Waals surface area contributed by atoms with Gasteiger partial charge in [-0.2, -0.15) is 11.8 Å². The normalized spacial score (nSPS) is 21.4. The first-order valence-corrected chi connectivity index (χ1v) is 10.5. The Labute approximate surface area is 153 Å². The van der Waals surface area contributed by atoms with Gasteiger partial charge in [-0.05, 0) is 69.3 Å². The third-order valence-electron chi connectivity index (χ3n) is 5.70. The summed E-state index contributed by atoms with van der Waals surface area (Å²) >= 11 is 1.99. The zero-order valence-corrected chi connectivity index (χ0v) is 16.0. The second kappa shape index (κ2) is 7.04. The molecule has 0 radical (unpaired) electrons. The van der Waals surface area contributed by atoms with E-state index in [-0.39, 0.29) is 5.91 Å². The Hall–Kier alpha value is -1.46. The van der Waals surface area contributed by atoms with Gasteiger partial charge in [-0.25, -0.2) is 0 Å². The molecule has 1 atom stereocenters. The van der Waals surface area contributed by atoms with E-state index in [0.29, 0.717) is 6.04 Å². The standard InChI is InChI=1S/C20H27N3OS/c1-22(2)15-4-3-9-23(10-7-15)20(24)14-5-6-18-16(12-14)17-13-25-11-8-19(17)21-18/h5-6,12,15,21H,3-4,7-11,13H2,1-2H3/t15-/m0/s1. The SMILES string of the molecule is CN(C)[C@H]1CCCN(C(=O)c2ccc3[nH]c4c(c3c2)CSCC4)CC1. The van der Waals surface area contributed by atoms with Gasteiger partial charge in [0.25, 0.3) is 5.91 Å². The molecule has 0 spiro atoms. The monoisotopic (exact) mass is 357 g/mol. The summed E-state index contributed by atoms with van der Waals surface area (Å²) in [6.45, 7) is 1.74. The largest absolute Gasteiger partial charge is 0.358 e. The third kappa shape index (κ3) is 3.32. The van der Waals surface area contributed by atoms with Crippen LogP contribution in [-0.2, 0) is 12.2 Å². The van der Waals surface area contributed by atoms with Crippen LogP contribution in [0, 0.1) is 0 Å². The second-order valence-electron chi connectivity index (χ2n) is 7.49. The van der Waals surface area contributed by atoms with E-state index >= 15 is 0 Å². The zero-order valence-electron chi connectivity index (χ0n) is 15.2. The second-order valence-corrected chi connectivity index (χ2v) is 8.59. The molecular weight excluding hydrogens is 330 g/mol. The highest BCUT2D eigenvalue weighted by atomic mass is 32.2. The Balaban J connectivity index is 1.57. The van der Waals surface area contributed by atoms with Gasteiger partial charge in [0, 0.05) is 47.0 Å². The lowest BCUT2D eigenvalue weighted by atomic mass is 10.1. The van der Waals surface area contributed by atoms with E-state index in [0.717, 1.165) is 43.7 Å². The fourth-order valence-corrected chi connectivity index (χ4v) is 5.17. The summed E-state index contributed by atoms with van der Waals surface area (Å²) in [5.74, 6) is 2.44. The predicted octanol–water partition coefficient (Wildman–Crippen LogP) is 3.51. The van der Waals surface area contributed by atoms with E-state index in [1.807, 2.05) is 17.8 Å². The molecule has 1 fully saturated rings. The average molecular weight is 358 g/mol. The van der Waals surface area contributed by atoms with Crippen molar-refractivity contribution in [3.8, 4) is 0 Å². The fraction of sp³-hybridized carbons (Fsp3) is 0.550. The summed E-state index contributed by atoms with van der Waals surface area (Å²) < 4.78 is 0. The number of fused-ring (bicyclic) bond motifs is 3. The molecule has 1 amide bonds. The number of amides is 1. The zero-order chi connectivity index (χ0) is 17.4. The molecule has 3 heterocycles. The van der Waals surface area contributed by atoms with Crippen LogP contribution in [0.25, 0.3) is 10.9 Å². The summed E-state index contributed by atoms with van der Waals surface area (Å²) in [7, 11) is 4.28. The number of benzene rings is 1. The minimum absolute atomic E-state index is 0.194. The van der Waals surface area contributed by atoms with Gasteiger partial charge >= 0.3 is 0 Å². The van der Waals surface area contributed by atoms with Crippen molar-refractivity contribution in [3.05, 3.63) is 35.0 Å². The van der Waals surface area contributed by atoms with Crippen LogP contribution in [-0.4, -0.2) is 59.7 Å². The first-order valence-electron chi connectivity index (χ1n) is 9.30. The average Bonchev–Trinajstić information content (AvgIpc) is 2.81. The van der Waals surface area contributed by atoms with Crippen LogP contribution in [0.1, 0.15) is 40.9 Å². The number of aromatic nitrogens is 1. The molecule has 1 N–H and O–H groups in total. The van der Waals surface area contributed by atoms with Crippen molar-refractivity contribution >= 4 is 28.6 Å². The van der Waals surface area contributed by atoms with Gasteiger partial charge in [0.05, 0.1) is 0 Å². The van der Waals surface area contributed by atoms with Crippen LogP contribution in [0.5, 0.6) is 0 Å². The lowest BCUT2D eigenvalue weighted by Crippen LogP contribution is -2.33. The molecule has 4 rings (SSSR count). The smallest absolute Gasteiger partial charge is 0.253 e. The summed E-state index contributed by atoms with van der Waals surface area (Å²) in [5.41, 5.74) is 4.78. The maximum Gasteiger partial charge on any atom is 0.253 e. The number of nitrogens with zero attached hydrogens (tertiary/aromatic N) is 2. The maximum absolute atomic E-state index is 13.1. The van der Waals surface area contributed by atoms with Crippen molar-refractivity contribution in [2.45, 2.75) is 37.5 Å². The van der Waals surface area contributed by atoms with E-state index in [4.69, 9.17) is 0 Å². The van der Waals surface area contributed by atoms with Crippen LogP contribution < -0.4 is 0 Å². The number of nitrogens with one attached hydrogen (secondary N) is 1. The Morgan fingerprint density at radius 1 is 1.28 bits per heavy atom. The highest BCUT2D eigenvalue weighted by Gasteiger charge is 2.23. The van der Waals surface area contributed by atoms with Gasteiger partial charge in [-0.3, -0.25) is 4.79 Å². The summed E-state index contributed by atoms with van der Waals surface area (Å²) in [4.78, 5) is 21.0. The molecule has 5 heteroatoms. The van der Waals surface area contributed by atoms with Crippen LogP contribution >= 0.6 is 11.8 Å². The lowest BCUT2D eigenvalue weighted by Gasteiger charge is -2.23. The number of aryl methyl sites for hydroxylation is 1. The van der Waals surface area contributed by atoms with Crippen molar-refractivity contribution in [2.75, 3.05) is 32.9 Å². The minimum atomic E-state index is 0.194. The van der Waals surface area contributed by atoms with Crippen molar-refractivity contribution in [1.29, 1.82) is 0 Å². The molecule has 4 nitrogen and oxygen atoms in total. The number of aromatic amines is 1. The summed E-state index contributed by atoms with van der Waals surface area (Å²) in [6, 6.07) is 6.79. The lowest BCUT2D eigenvalue weighted by molar-refractivity contribution is 0.0759. The van der Waals surface area contributed by atoms with Crippen LogP contribution in [0.4, 0.5) is 0 Å². The molecule has 0 unspecified atom stereocenters. The molecule has 25 heavy (non-hydrogen) atoms. The van der Waals surface area contributed by atoms with Crippen molar-refractivity contribution in [2.24, 2.45) is 0 Å². The number of hydrogen-bond acceptors (Lipinski definition) is 3. The van der Waals surface area contributed by atoms with Crippen molar-refractivity contribution in [1.82, 2.24) is 14.8 Å². The van der Waals surface area contributed by atoms with Crippen LogP contribution in [0.15, 0.2) is 18.2 Å². The van der Waals surface area contributed by atoms with Gasteiger partial charge in [0.15, 0.2) is 0 Å². The third-order valence-corrected chi connectivity index (χ3v) is 6.68. The Kier molecular flexibility index (Phi) is 4.78. The maximum atomic E-state index is 13.1. The van der Waals surface area contributed by atoms with Crippen LogP contribution in [0.3, 0.4) is 0 Å². The molecule has 2 aromatic rings. The topological polar surface area (TPSA) is 39.3 Å². The fourth-order valence-electron chi connectivity index (χ4n) is 4.14. The summed E-state index contributed by atoms with van der Waals surface area (Å²) in [6.07, 6.45) is 4.44. The molecule has 2 aliphatic heterocycles. The van der Waals surface area contributed by atoms with Gasteiger partial charge in [-0.1, -0.05) is 0 Å². The molecule has 134 valence electrons. The molecule has 2 aliphatic rings. The highest BCUT2D eigenvalue weighted by molar-refractivity contribution is 7.98. The number of carbonyl (C=O) groups excluding carboxylic acids is 1. The minimum Gasteiger partial charge on any atom is -0.358 e. The Morgan fingerprint density at radius 3 is 3.00 bits per heavy atom. The predicted molar refractivity (Wildman–Crippen MR) is 105 cm³/mol. The number of H-pyrrole nitrogens is 1. The summed E-state index contributed by atoms with van der Waals surface area (Å²) in [5, 5.41) is 1.24. The van der Waals surface area contributed by atoms with Gasteiger partial charge in [0.1, 0.15) is 0 Å². The van der Waals surface area contributed by atoms with Crippen molar-refractivity contribution in [3.63, 3.8) is 0 Å². The first-order chi connectivity index (χ1) is 12.1. The van der Waals surface area contributed by atoms with E-state index in [1.54, 1.807) is 0 Å². The van der Waals surface area contributed by atoms with E-state index < -0.39 is 0 Å². The Morgan fingerprint density at radius 2 is 2.16 bits per heavy atom. The number of carbonyl (C=O) groups is 1. The molecule has 1 aromatic carbocycles. The van der Waals surface area contributed by atoms with E-state index in [1.165, 1.54) is 34.3 Å². The van der Waals surface area contributed by atoms with Gasteiger partial charge < -0.3 is 14.8 Å². The number of likely N-dealkylation sites (tertiary alicyclic amines) is 1. The van der Waals surface area contributed by atoms with Gasteiger partial charge in [-0.15, -0.1) is 0 Å².